The van der Waals surface area contributed by atoms with Crippen LogP contribution in [0.2, 0.25) is 10.0 Å². The molecule has 0 spiro atoms. The molecule has 4 rings (SSSR count). The molecule has 2 amide bonds. The van der Waals surface area contributed by atoms with Crippen molar-refractivity contribution in [1.82, 2.24) is 10.2 Å². The third kappa shape index (κ3) is 5.28. The number of amides is 2. The predicted octanol–water partition coefficient (Wildman–Crippen LogP) is 5.79. The van der Waals surface area contributed by atoms with Crippen molar-refractivity contribution in [2.24, 2.45) is 0 Å². The lowest BCUT2D eigenvalue weighted by Gasteiger charge is -2.25. The number of halogens is 5. The highest BCUT2D eigenvalue weighted by atomic mass is 35.5. The summed E-state index contributed by atoms with van der Waals surface area (Å²) in [6, 6.07) is 7.89. The van der Waals surface area contributed by atoms with Crippen molar-refractivity contribution in [2.45, 2.75) is 50.9 Å². The molecule has 2 N–H and O–H groups in total. The molecular weight excluding hydrogens is 504 g/mol. The van der Waals surface area contributed by atoms with Crippen LogP contribution < -0.4 is 5.32 Å². The average Bonchev–Trinajstić information content (AvgIpc) is 3.34. The van der Waals surface area contributed by atoms with E-state index in [1.165, 1.54) is 11.0 Å². The van der Waals surface area contributed by atoms with Gasteiger partial charge in [0.1, 0.15) is 0 Å². The Bertz CT molecular complexity index is 1210. The molecule has 2 aliphatic rings. The van der Waals surface area contributed by atoms with Crippen molar-refractivity contribution in [1.29, 1.82) is 0 Å². The second kappa shape index (κ2) is 9.74. The van der Waals surface area contributed by atoms with Gasteiger partial charge in [0.2, 0.25) is 0 Å². The van der Waals surface area contributed by atoms with Crippen LogP contribution in [0.15, 0.2) is 47.7 Å². The number of benzene rings is 2. The van der Waals surface area contributed by atoms with Crippen LogP contribution in [-0.4, -0.2) is 34.4 Å². The number of fused-ring (bicyclic) bond motifs is 1. The molecule has 2 aromatic rings. The first-order chi connectivity index (χ1) is 16.5. The van der Waals surface area contributed by atoms with Gasteiger partial charge in [0.15, 0.2) is 5.76 Å². The molecule has 0 aromatic heterocycles. The van der Waals surface area contributed by atoms with Gasteiger partial charge in [-0.1, -0.05) is 35.3 Å². The smallest absolute Gasteiger partial charge is 0.416 e. The van der Waals surface area contributed by atoms with Gasteiger partial charge in [-0.15, -0.1) is 0 Å². The number of alkyl halides is 3. The Hall–Kier alpha value is -2.71. The first kappa shape index (κ1) is 25.4. The van der Waals surface area contributed by atoms with Gasteiger partial charge in [0, 0.05) is 6.04 Å². The monoisotopic (exact) mass is 526 g/mol. The van der Waals surface area contributed by atoms with Gasteiger partial charge >= 0.3 is 6.18 Å². The van der Waals surface area contributed by atoms with E-state index in [1.807, 2.05) is 6.07 Å². The Morgan fingerprint density at radius 3 is 2.63 bits per heavy atom. The molecular formula is C25H23Cl2F3N2O3. The highest BCUT2D eigenvalue weighted by Gasteiger charge is 2.41. The van der Waals surface area contributed by atoms with E-state index in [0.717, 1.165) is 23.3 Å². The molecule has 2 aromatic carbocycles. The van der Waals surface area contributed by atoms with Gasteiger partial charge in [-0.3, -0.25) is 9.59 Å². The van der Waals surface area contributed by atoms with Gasteiger partial charge in [0.25, 0.3) is 11.8 Å². The van der Waals surface area contributed by atoms with Gasteiger partial charge in [0.05, 0.1) is 33.8 Å². The van der Waals surface area contributed by atoms with Crippen LogP contribution in [0.5, 0.6) is 0 Å². The highest BCUT2D eigenvalue weighted by Crippen LogP contribution is 2.41. The molecule has 2 unspecified atom stereocenters. The Balaban J connectivity index is 1.41. The lowest BCUT2D eigenvalue weighted by molar-refractivity contribution is -0.137. The number of aliphatic hydroxyl groups is 1. The Labute approximate surface area is 210 Å². The van der Waals surface area contributed by atoms with Crippen molar-refractivity contribution < 1.29 is 27.9 Å². The molecule has 0 fully saturated rings. The van der Waals surface area contributed by atoms with E-state index in [1.54, 1.807) is 19.1 Å². The number of rotatable bonds is 6. The number of hydrogen-bond donors (Lipinski definition) is 2. The van der Waals surface area contributed by atoms with Crippen molar-refractivity contribution in [3.8, 4) is 0 Å². The number of nitrogens with zero attached hydrogens (tertiary/aromatic N) is 1. The van der Waals surface area contributed by atoms with Crippen LogP contribution >= 0.6 is 23.2 Å². The van der Waals surface area contributed by atoms with E-state index >= 15 is 0 Å². The molecule has 5 nitrogen and oxygen atoms in total. The van der Waals surface area contributed by atoms with E-state index < -0.39 is 35.4 Å². The standard InChI is InChI=1S/C25H23Cl2F3N2O3/c1-13(2-3-14-4-8-19(26)20(27)10-14)31-23(34)18-12-32(24(35)22(18)33)21-9-6-15-5-7-16(11-17(15)21)25(28,29)30/h4-5,7-8,10-11,13,21,33H,2-3,6,9,12H2,1H3,(H,31,34). The van der Waals surface area contributed by atoms with E-state index in [-0.39, 0.29) is 18.2 Å². The van der Waals surface area contributed by atoms with E-state index in [0.29, 0.717) is 41.3 Å². The molecule has 1 aliphatic heterocycles. The van der Waals surface area contributed by atoms with Crippen molar-refractivity contribution in [2.75, 3.05) is 6.54 Å². The highest BCUT2D eigenvalue weighted by molar-refractivity contribution is 6.42. The first-order valence-corrected chi connectivity index (χ1v) is 11.9. The number of hydrogen-bond acceptors (Lipinski definition) is 3. The molecule has 186 valence electrons. The van der Waals surface area contributed by atoms with Gasteiger partial charge < -0.3 is 15.3 Å². The van der Waals surface area contributed by atoms with Crippen molar-refractivity contribution in [3.05, 3.63) is 80.0 Å². The topological polar surface area (TPSA) is 69.6 Å². The molecule has 0 bridgehead atoms. The maximum atomic E-state index is 13.2. The Morgan fingerprint density at radius 1 is 1.20 bits per heavy atom. The fraction of sp³-hybridized carbons (Fsp3) is 0.360. The second-order valence-electron chi connectivity index (χ2n) is 8.89. The minimum absolute atomic E-state index is 0.0863. The van der Waals surface area contributed by atoms with Gasteiger partial charge in [-0.2, -0.15) is 13.2 Å². The maximum Gasteiger partial charge on any atom is 0.416 e. The van der Waals surface area contributed by atoms with Gasteiger partial charge in [-0.25, -0.2) is 0 Å². The van der Waals surface area contributed by atoms with Crippen LogP contribution in [0.1, 0.15) is 48.1 Å². The van der Waals surface area contributed by atoms with Crippen LogP contribution in [-0.2, 0) is 28.6 Å². The van der Waals surface area contributed by atoms with Crippen LogP contribution in [0, 0.1) is 0 Å². The van der Waals surface area contributed by atoms with Crippen LogP contribution in [0.4, 0.5) is 13.2 Å². The summed E-state index contributed by atoms with van der Waals surface area (Å²) in [4.78, 5) is 26.8. The Morgan fingerprint density at radius 2 is 1.94 bits per heavy atom. The predicted molar refractivity (Wildman–Crippen MR) is 126 cm³/mol. The minimum Gasteiger partial charge on any atom is -0.503 e. The lowest BCUT2D eigenvalue weighted by atomic mass is 10.0. The molecule has 0 radical (unpaired) electrons. The summed E-state index contributed by atoms with van der Waals surface area (Å²) >= 11 is 12.0. The molecule has 35 heavy (non-hydrogen) atoms. The molecule has 10 heteroatoms. The van der Waals surface area contributed by atoms with E-state index in [9.17, 15) is 27.9 Å². The second-order valence-corrected chi connectivity index (χ2v) is 9.70. The number of aryl methyl sites for hydroxylation is 2. The summed E-state index contributed by atoms with van der Waals surface area (Å²) in [7, 11) is 0. The van der Waals surface area contributed by atoms with Crippen molar-refractivity contribution >= 4 is 35.0 Å². The summed E-state index contributed by atoms with van der Waals surface area (Å²) in [5.41, 5.74) is 1.20. The Kier molecular flexibility index (Phi) is 7.06. The summed E-state index contributed by atoms with van der Waals surface area (Å²) in [5, 5.41) is 14.1. The summed E-state index contributed by atoms with van der Waals surface area (Å²) in [6.45, 7) is 1.63. The molecule has 2 atom stereocenters. The van der Waals surface area contributed by atoms with E-state index in [4.69, 9.17) is 23.2 Å². The normalized spacial score (nSPS) is 18.7. The number of aliphatic hydroxyl groups excluding tert-OH is 1. The number of nitrogens with one attached hydrogen (secondary N) is 1. The molecule has 1 heterocycles. The zero-order valence-corrected chi connectivity index (χ0v) is 20.3. The summed E-state index contributed by atoms with van der Waals surface area (Å²) in [5.74, 6) is -2.00. The van der Waals surface area contributed by atoms with Crippen LogP contribution in [0.25, 0.3) is 0 Å². The van der Waals surface area contributed by atoms with Crippen molar-refractivity contribution in [3.63, 3.8) is 0 Å². The van der Waals surface area contributed by atoms with Gasteiger partial charge in [-0.05, 0) is 73.6 Å². The maximum absolute atomic E-state index is 13.2. The fourth-order valence-corrected chi connectivity index (χ4v) is 4.88. The summed E-state index contributed by atoms with van der Waals surface area (Å²) in [6.07, 6.45) is -2.38. The number of carbonyl (C=O) groups is 2. The third-order valence-electron chi connectivity index (χ3n) is 6.47. The SMILES string of the molecule is CC(CCc1ccc(Cl)c(Cl)c1)NC(=O)C1=C(O)C(=O)N(C2CCc3ccc(C(F)(F)F)cc32)C1. The first-order valence-electron chi connectivity index (χ1n) is 11.1. The largest absolute Gasteiger partial charge is 0.503 e. The van der Waals surface area contributed by atoms with Crippen LogP contribution in [0.3, 0.4) is 0 Å². The van der Waals surface area contributed by atoms with E-state index in [2.05, 4.69) is 5.32 Å². The molecule has 0 saturated heterocycles. The summed E-state index contributed by atoms with van der Waals surface area (Å²) < 4.78 is 39.6. The fourth-order valence-electron chi connectivity index (χ4n) is 4.56. The minimum atomic E-state index is -4.50. The molecule has 0 saturated carbocycles. The zero-order chi connectivity index (χ0) is 25.5. The number of carbonyl (C=O) groups excluding carboxylic acids is 2. The quantitative estimate of drug-likeness (QED) is 0.500. The third-order valence-corrected chi connectivity index (χ3v) is 7.21. The molecule has 1 aliphatic carbocycles. The lowest BCUT2D eigenvalue weighted by Crippen LogP contribution is -2.36. The zero-order valence-electron chi connectivity index (χ0n) is 18.8. The average molecular weight is 527 g/mol.